The molecule has 0 heterocycles. The summed E-state index contributed by atoms with van der Waals surface area (Å²) in [7, 11) is 0. The summed E-state index contributed by atoms with van der Waals surface area (Å²) in [6, 6.07) is 8.01. The van der Waals surface area contributed by atoms with Crippen molar-refractivity contribution in [1.82, 2.24) is 0 Å². The van der Waals surface area contributed by atoms with Gasteiger partial charge in [-0.3, -0.25) is 0 Å². The Morgan fingerprint density at radius 1 is 0.750 bits per heavy atom. The maximum absolute atomic E-state index is 5.41. The molecule has 0 aromatic heterocycles. The van der Waals surface area contributed by atoms with Gasteiger partial charge in [0.1, 0.15) is 0 Å². The third-order valence-corrected chi connectivity index (χ3v) is 1.49. The summed E-state index contributed by atoms with van der Waals surface area (Å²) in [6.07, 6.45) is 0. The van der Waals surface area contributed by atoms with Gasteiger partial charge in [-0.05, 0) is 11.1 Å². The monoisotopic (exact) mass is 296 g/mol. The van der Waals surface area contributed by atoms with Gasteiger partial charge >= 0.3 is 0 Å². The highest BCUT2D eigenvalue weighted by molar-refractivity contribution is 8.93. The van der Waals surface area contributed by atoms with E-state index in [1.54, 1.807) is 0 Å². The van der Waals surface area contributed by atoms with Gasteiger partial charge < -0.3 is 11.5 Å². The predicted octanol–water partition coefficient (Wildman–Crippen LogP) is 1.76. The fraction of sp³-hybridized carbons (Fsp3) is 0.250. The standard InChI is InChI=1S/C8H12N2.2BrH/c9-5-7-1-2-8(6-10)4-3-7;;/h1-4H,5-6,9-10H2;2*1H. The molecule has 1 rings (SSSR count). The molecule has 0 unspecified atom stereocenters. The summed E-state index contributed by atoms with van der Waals surface area (Å²) >= 11 is 0. The molecule has 1 aromatic rings. The van der Waals surface area contributed by atoms with E-state index in [1.165, 1.54) is 0 Å². The lowest BCUT2D eigenvalue weighted by molar-refractivity contribution is 1.04. The first-order valence-electron chi connectivity index (χ1n) is 3.34. The molecule has 0 atom stereocenters. The number of hydrogen-bond donors (Lipinski definition) is 2. The van der Waals surface area contributed by atoms with Gasteiger partial charge in [0, 0.05) is 13.1 Å². The molecule has 1 aromatic carbocycles. The molecule has 0 amide bonds. The maximum atomic E-state index is 5.41. The van der Waals surface area contributed by atoms with Crippen molar-refractivity contribution < 1.29 is 0 Å². The summed E-state index contributed by atoms with van der Waals surface area (Å²) in [5.41, 5.74) is 13.1. The molecule has 0 radical (unpaired) electrons. The molecule has 0 aliphatic rings. The van der Waals surface area contributed by atoms with Gasteiger partial charge in [0.2, 0.25) is 0 Å². The summed E-state index contributed by atoms with van der Waals surface area (Å²) in [5.74, 6) is 0. The Hall–Kier alpha value is 0.1000. The molecule has 70 valence electrons. The Labute approximate surface area is 93.9 Å². The van der Waals surface area contributed by atoms with E-state index in [4.69, 9.17) is 11.5 Å². The van der Waals surface area contributed by atoms with E-state index in [0.717, 1.165) is 11.1 Å². The van der Waals surface area contributed by atoms with E-state index in [2.05, 4.69) is 0 Å². The number of halogens is 2. The first-order valence-corrected chi connectivity index (χ1v) is 3.34. The molecule has 0 aliphatic heterocycles. The molecule has 0 saturated heterocycles. The smallest absolute Gasteiger partial charge is 0.0178 e. The predicted molar refractivity (Wildman–Crippen MR) is 62.9 cm³/mol. The average Bonchev–Trinajstić information content (AvgIpc) is 2.05. The van der Waals surface area contributed by atoms with Crippen LogP contribution < -0.4 is 11.5 Å². The summed E-state index contributed by atoms with van der Waals surface area (Å²) in [4.78, 5) is 0. The third-order valence-electron chi connectivity index (χ3n) is 1.49. The number of hydrogen-bond acceptors (Lipinski definition) is 2. The van der Waals surface area contributed by atoms with Crippen LogP contribution in [-0.4, -0.2) is 0 Å². The highest BCUT2D eigenvalue weighted by Crippen LogP contribution is 2.01. The van der Waals surface area contributed by atoms with Crippen LogP contribution in [0.3, 0.4) is 0 Å². The number of benzene rings is 1. The topological polar surface area (TPSA) is 52.0 Å². The van der Waals surface area contributed by atoms with Crippen LogP contribution in [-0.2, 0) is 13.1 Å². The molecule has 0 spiro atoms. The van der Waals surface area contributed by atoms with Gasteiger partial charge in [0.05, 0.1) is 0 Å². The van der Waals surface area contributed by atoms with E-state index in [1.807, 2.05) is 24.3 Å². The van der Waals surface area contributed by atoms with Crippen LogP contribution in [0.25, 0.3) is 0 Å². The SMILES string of the molecule is Br.Br.NCc1ccc(CN)cc1. The van der Waals surface area contributed by atoms with Crippen molar-refractivity contribution in [2.24, 2.45) is 11.5 Å². The zero-order valence-electron chi connectivity index (χ0n) is 6.69. The first kappa shape index (κ1) is 14.6. The van der Waals surface area contributed by atoms with E-state index in [9.17, 15) is 0 Å². The second-order valence-electron chi connectivity index (χ2n) is 2.22. The largest absolute Gasteiger partial charge is 0.326 e. The van der Waals surface area contributed by atoms with Crippen molar-refractivity contribution in [2.75, 3.05) is 0 Å². The Bertz CT molecular complexity index is 176. The molecule has 2 nitrogen and oxygen atoms in total. The summed E-state index contributed by atoms with van der Waals surface area (Å²) in [5, 5.41) is 0. The van der Waals surface area contributed by atoms with Crippen LogP contribution in [0, 0.1) is 0 Å². The van der Waals surface area contributed by atoms with Crippen LogP contribution in [0.15, 0.2) is 24.3 Å². The van der Waals surface area contributed by atoms with Crippen LogP contribution in [0.2, 0.25) is 0 Å². The number of rotatable bonds is 2. The Morgan fingerprint density at radius 3 is 1.17 bits per heavy atom. The van der Waals surface area contributed by atoms with Gasteiger partial charge in [0.25, 0.3) is 0 Å². The fourth-order valence-electron chi connectivity index (χ4n) is 0.811. The molecular weight excluding hydrogens is 284 g/mol. The maximum Gasteiger partial charge on any atom is 0.0178 e. The average molecular weight is 298 g/mol. The minimum atomic E-state index is 0. The Balaban J connectivity index is 0. The van der Waals surface area contributed by atoms with E-state index in [-0.39, 0.29) is 34.0 Å². The zero-order valence-corrected chi connectivity index (χ0v) is 10.1. The van der Waals surface area contributed by atoms with Crippen molar-refractivity contribution in [3.8, 4) is 0 Å². The van der Waals surface area contributed by atoms with Crippen molar-refractivity contribution in [3.05, 3.63) is 35.4 Å². The second-order valence-corrected chi connectivity index (χ2v) is 2.22. The van der Waals surface area contributed by atoms with Crippen molar-refractivity contribution in [3.63, 3.8) is 0 Å². The van der Waals surface area contributed by atoms with Gasteiger partial charge in [-0.1, -0.05) is 24.3 Å². The lowest BCUT2D eigenvalue weighted by Gasteiger charge is -1.97. The normalized spacial score (nSPS) is 8.17. The van der Waals surface area contributed by atoms with E-state index < -0.39 is 0 Å². The van der Waals surface area contributed by atoms with Crippen LogP contribution in [0.1, 0.15) is 11.1 Å². The molecule has 12 heavy (non-hydrogen) atoms. The minimum absolute atomic E-state index is 0. The first-order chi connectivity index (χ1) is 4.86. The third kappa shape index (κ3) is 4.21. The molecular formula is C8H14Br2N2. The summed E-state index contributed by atoms with van der Waals surface area (Å²) in [6.45, 7) is 1.20. The van der Waals surface area contributed by atoms with Gasteiger partial charge in [-0.15, -0.1) is 34.0 Å². The molecule has 0 bridgehead atoms. The second kappa shape index (κ2) is 7.73. The molecule has 0 aliphatic carbocycles. The lowest BCUT2D eigenvalue weighted by Crippen LogP contribution is -1.98. The van der Waals surface area contributed by atoms with Gasteiger partial charge in [0.15, 0.2) is 0 Å². The molecule has 0 saturated carbocycles. The highest BCUT2D eigenvalue weighted by atomic mass is 79.9. The van der Waals surface area contributed by atoms with Crippen molar-refractivity contribution >= 4 is 34.0 Å². The van der Waals surface area contributed by atoms with Crippen molar-refractivity contribution in [1.29, 1.82) is 0 Å². The van der Waals surface area contributed by atoms with Crippen molar-refractivity contribution in [2.45, 2.75) is 13.1 Å². The zero-order chi connectivity index (χ0) is 7.40. The van der Waals surface area contributed by atoms with E-state index >= 15 is 0 Å². The number of nitrogens with two attached hydrogens (primary N) is 2. The van der Waals surface area contributed by atoms with Gasteiger partial charge in [-0.25, -0.2) is 0 Å². The van der Waals surface area contributed by atoms with E-state index in [0.29, 0.717) is 13.1 Å². The van der Waals surface area contributed by atoms with Crippen LogP contribution >= 0.6 is 34.0 Å². The molecule has 4 N–H and O–H groups in total. The van der Waals surface area contributed by atoms with Gasteiger partial charge in [-0.2, -0.15) is 0 Å². The molecule has 0 fully saturated rings. The minimum Gasteiger partial charge on any atom is -0.326 e. The Kier molecular flexibility index (Phi) is 9.42. The molecule has 4 heteroatoms. The highest BCUT2D eigenvalue weighted by Gasteiger charge is 1.88. The Morgan fingerprint density at radius 2 is 1.00 bits per heavy atom. The van der Waals surface area contributed by atoms with Crippen LogP contribution in [0.5, 0.6) is 0 Å². The van der Waals surface area contributed by atoms with Crippen LogP contribution in [0.4, 0.5) is 0 Å². The summed E-state index contributed by atoms with van der Waals surface area (Å²) < 4.78 is 0. The fourth-order valence-corrected chi connectivity index (χ4v) is 0.811. The lowest BCUT2D eigenvalue weighted by atomic mass is 10.1. The quantitative estimate of drug-likeness (QED) is 0.874.